The van der Waals surface area contributed by atoms with E-state index in [0.29, 0.717) is 7.47 Å². The molecule has 0 amide bonds. The van der Waals surface area contributed by atoms with Gasteiger partial charge in [-0.25, -0.2) is 0 Å². The van der Waals surface area contributed by atoms with Crippen LogP contribution >= 0.6 is 22.3 Å². The van der Waals surface area contributed by atoms with Crippen molar-refractivity contribution in [3.05, 3.63) is 0 Å². The molecule has 0 spiro atoms. The minimum absolute atomic E-state index is 0.401. The molecule has 266 valence electrons. The molecule has 1 atom stereocenters. The second kappa shape index (κ2) is 23.7. The summed E-state index contributed by atoms with van der Waals surface area (Å²) in [6.45, 7) is 8.01. The Morgan fingerprint density at radius 2 is 0.889 bits per heavy atom. The summed E-state index contributed by atoms with van der Waals surface area (Å²) in [7, 11) is 0.835. The van der Waals surface area contributed by atoms with Gasteiger partial charge in [-0.15, -0.1) is 16.1 Å². The van der Waals surface area contributed by atoms with Crippen LogP contribution in [0, 0.1) is 5.92 Å². The van der Waals surface area contributed by atoms with Crippen molar-refractivity contribution in [2.24, 2.45) is 5.92 Å². The summed E-state index contributed by atoms with van der Waals surface area (Å²) in [5, 5.41) is 0. The quantitative estimate of drug-likeness (QED) is 0.111. The van der Waals surface area contributed by atoms with Crippen molar-refractivity contribution in [3.8, 4) is 0 Å². The molecule has 0 nitrogen and oxygen atoms in total. The Morgan fingerprint density at radius 1 is 0.511 bits per heavy atom. The maximum atomic E-state index is 2.67. The Hall–Kier alpha value is 2.31. The van der Waals surface area contributed by atoms with Gasteiger partial charge in [-0.2, -0.15) is 0 Å². The van der Waals surface area contributed by atoms with E-state index in [-0.39, 0.29) is 0 Å². The van der Waals surface area contributed by atoms with Gasteiger partial charge >= 0.3 is 102 Å². The second-order valence-corrected chi connectivity index (χ2v) is 59.1. The fourth-order valence-corrected chi connectivity index (χ4v) is 33.5. The van der Waals surface area contributed by atoms with Gasteiger partial charge in [-0.05, 0) is 74.0 Å². The van der Waals surface area contributed by atoms with Gasteiger partial charge in [-0.1, -0.05) is 96.7 Å². The average molecular weight is 804 g/mol. The van der Waals surface area contributed by atoms with Gasteiger partial charge in [0.1, 0.15) is 0 Å². The number of hydrogen-bond donors (Lipinski definition) is 0. The van der Waals surface area contributed by atoms with Crippen molar-refractivity contribution in [3.63, 3.8) is 0 Å². The SMILES string of the molecule is C1CCC(PC2CCCCC2)CC1.C[Si](C)(C)P(C1CCCCC1)C1CCCCC1.[CH3][Sn]([CH3])([CH3])[PH]CCCCC1CCCCC1. The van der Waals surface area contributed by atoms with Gasteiger partial charge in [0.2, 0.25) is 0 Å². The molecule has 1 unspecified atom stereocenters. The van der Waals surface area contributed by atoms with Gasteiger partial charge in [0, 0.05) is 0 Å². The van der Waals surface area contributed by atoms with Crippen LogP contribution < -0.4 is 0 Å². The van der Waals surface area contributed by atoms with Crippen LogP contribution in [-0.4, -0.2) is 54.4 Å². The van der Waals surface area contributed by atoms with Crippen LogP contribution in [0.2, 0.25) is 34.5 Å². The van der Waals surface area contributed by atoms with Crippen LogP contribution in [0.1, 0.15) is 180 Å². The molecule has 5 fully saturated rings. The summed E-state index contributed by atoms with van der Waals surface area (Å²) in [4.78, 5) is 7.73. The Balaban J connectivity index is 0.000000186. The average Bonchev–Trinajstić information content (AvgIpc) is 3.03. The van der Waals surface area contributed by atoms with Crippen LogP contribution in [0.4, 0.5) is 0 Å². The first-order chi connectivity index (χ1) is 21.6. The van der Waals surface area contributed by atoms with E-state index < -0.39 is 25.6 Å². The molecule has 0 aliphatic heterocycles. The van der Waals surface area contributed by atoms with Crippen LogP contribution in [0.15, 0.2) is 0 Å². The van der Waals surface area contributed by atoms with E-state index in [1.807, 2.05) is 0 Å². The van der Waals surface area contributed by atoms with Crippen LogP contribution in [0.25, 0.3) is 0 Å². The molecule has 0 N–H and O–H groups in total. The molecule has 0 aromatic rings. The summed E-state index contributed by atoms with van der Waals surface area (Å²) in [6, 6.07) is 0. The molecular formula is C40H83P3SiSn. The number of rotatable bonds is 11. The molecule has 0 aromatic heterocycles. The summed E-state index contributed by atoms with van der Waals surface area (Å²) in [6.07, 6.45) is 46.2. The fourth-order valence-electron chi connectivity index (χ4n) is 9.48. The summed E-state index contributed by atoms with van der Waals surface area (Å²) >= 11 is -1.38. The van der Waals surface area contributed by atoms with Gasteiger partial charge < -0.3 is 0 Å². The van der Waals surface area contributed by atoms with Crippen molar-refractivity contribution in [2.45, 2.75) is 237 Å². The van der Waals surface area contributed by atoms with Crippen molar-refractivity contribution >= 4 is 47.9 Å². The third-order valence-electron chi connectivity index (χ3n) is 11.8. The third-order valence-corrected chi connectivity index (χ3v) is 37.8. The first kappa shape index (κ1) is 41.7. The summed E-state index contributed by atoms with van der Waals surface area (Å²) < 4.78 is 0. The molecule has 45 heavy (non-hydrogen) atoms. The second-order valence-electron chi connectivity index (χ2n) is 18.2. The fraction of sp³-hybridized carbons (Fsp3) is 1.00. The number of hydrogen-bond acceptors (Lipinski definition) is 0. The van der Waals surface area contributed by atoms with Crippen LogP contribution in [-0.2, 0) is 0 Å². The van der Waals surface area contributed by atoms with E-state index in [9.17, 15) is 0 Å². The predicted octanol–water partition coefficient (Wildman–Crippen LogP) is 15.5. The summed E-state index contributed by atoms with van der Waals surface area (Å²) in [5.41, 5.74) is 4.65. The van der Waals surface area contributed by atoms with Gasteiger partial charge in [-0.3, -0.25) is 0 Å². The Kier molecular flexibility index (Phi) is 22.0. The molecular weight excluding hydrogens is 720 g/mol. The van der Waals surface area contributed by atoms with Crippen LogP contribution in [0.3, 0.4) is 0 Å². The first-order valence-corrected chi connectivity index (χ1v) is 41.9. The van der Waals surface area contributed by atoms with E-state index in [4.69, 9.17) is 0 Å². The van der Waals surface area contributed by atoms with E-state index in [0.717, 1.165) is 17.2 Å². The Morgan fingerprint density at radius 3 is 1.27 bits per heavy atom. The standard InChI is InChI=1S/C15H31PSi.C12H23P.C10H20P.3CH3.Sn/c1-17(2,3)16(14-10-6-4-7-11-14)15-12-8-5-9-13-15;1-3-7-11(8-4-1)13-12-9-5-2-6-10-12;11-9-5-4-8-10-6-2-1-3-7-10;;;;/h14-15H,4-13H2,1-3H3;11-13H,1-10H2;10-11H,1-9H2;3*1H3;/q;;-1;;;;+1. The van der Waals surface area contributed by atoms with Gasteiger partial charge in [0.15, 0.2) is 0 Å². The Bertz CT molecular complexity index is 670. The molecule has 5 saturated carbocycles. The summed E-state index contributed by atoms with van der Waals surface area (Å²) in [5.74, 6) is 1.11. The molecule has 0 saturated heterocycles. The molecule has 5 rings (SSSR count). The van der Waals surface area contributed by atoms with Crippen molar-refractivity contribution in [1.82, 2.24) is 0 Å². The molecule has 5 heteroatoms. The normalized spacial score (nSPS) is 24.3. The topological polar surface area (TPSA) is 0 Å². The van der Waals surface area contributed by atoms with Crippen molar-refractivity contribution < 1.29 is 0 Å². The first-order valence-electron chi connectivity index (χ1n) is 20.9. The minimum atomic E-state index is -1.38. The molecule has 5 aliphatic rings. The molecule has 5 aliphatic carbocycles. The predicted molar refractivity (Wildman–Crippen MR) is 223 cm³/mol. The molecule has 0 heterocycles. The third kappa shape index (κ3) is 18.9. The molecule has 0 aromatic carbocycles. The van der Waals surface area contributed by atoms with Gasteiger partial charge in [0.05, 0.1) is 7.74 Å². The zero-order valence-electron chi connectivity index (χ0n) is 31.8. The van der Waals surface area contributed by atoms with E-state index in [1.54, 1.807) is 102 Å². The zero-order valence-corrected chi connectivity index (χ0v) is 38.6. The zero-order chi connectivity index (χ0) is 32.4. The van der Waals surface area contributed by atoms with Crippen molar-refractivity contribution in [2.75, 3.05) is 6.16 Å². The molecule has 0 radical (unpaired) electrons. The number of unbranched alkanes of at least 4 members (excludes halogenated alkanes) is 1. The Labute approximate surface area is 294 Å². The van der Waals surface area contributed by atoms with Crippen LogP contribution in [0.5, 0.6) is 0 Å². The van der Waals surface area contributed by atoms with Crippen molar-refractivity contribution in [1.29, 1.82) is 0 Å². The van der Waals surface area contributed by atoms with E-state index >= 15 is 0 Å². The molecule has 0 bridgehead atoms. The van der Waals surface area contributed by atoms with E-state index in [2.05, 4.69) is 34.5 Å². The van der Waals surface area contributed by atoms with Gasteiger partial charge in [0.25, 0.3) is 0 Å². The maximum absolute atomic E-state index is 2.67. The van der Waals surface area contributed by atoms with E-state index in [1.165, 1.54) is 110 Å². The monoisotopic (exact) mass is 804 g/mol.